The molecular formula is C19H29ClN2O2. The van der Waals surface area contributed by atoms with Crippen LogP contribution >= 0.6 is 12.4 Å². The van der Waals surface area contributed by atoms with Crippen LogP contribution in [0.2, 0.25) is 0 Å². The van der Waals surface area contributed by atoms with Crippen LogP contribution in [-0.2, 0) is 16.0 Å². The maximum absolute atomic E-state index is 12.5. The molecule has 2 saturated heterocycles. The van der Waals surface area contributed by atoms with Gasteiger partial charge in [0, 0.05) is 19.7 Å². The van der Waals surface area contributed by atoms with Crippen LogP contribution < -0.4 is 5.32 Å². The first-order chi connectivity index (χ1) is 11.3. The minimum Gasteiger partial charge on any atom is -0.376 e. The summed E-state index contributed by atoms with van der Waals surface area (Å²) in [7, 11) is 0. The highest BCUT2D eigenvalue weighted by Gasteiger charge is 2.31. The molecule has 5 heteroatoms. The van der Waals surface area contributed by atoms with Gasteiger partial charge < -0.3 is 15.0 Å². The van der Waals surface area contributed by atoms with E-state index in [4.69, 9.17) is 4.74 Å². The molecule has 1 N–H and O–H groups in total. The Morgan fingerprint density at radius 3 is 2.79 bits per heavy atom. The number of carbonyl (C=O) groups is 1. The second-order valence-electron chi connectivity index (χ2n) is 6.66. The Balaban J connectivity index is 0.00000208. The van der Waals surface area contributed by atoms with Gasteiger partial charge in [-0.05, 0) is 44.2 Å². The van der Waals surface area contributed by atoms with Crippen LogP contribution in [-0.4, -0.2) is 49.2 Å². The molecule has 0 spiro atoms. The highest BCUT2D eigenvalue weighted by Crippen LogP contribution is 2.17. The molecule has 24 heavy (non-hydrogen) atoms. The topological polar surface area (TPSA) is 41.6 Å². The Labute approximate surface area is 151 Å². The van der Waals surface area contributed by atoms with Gasteiger partial charge in [-0.2, -0.15) is 0 Å². The highest BCUT2D eigenvalue weighted by molar-refractivity contribution is 5.85. The summed E-state index contributed by atoms with van der Waals surface area (Å²) in [5.41, 5.74) is 1.36. The number of amides is 1. The van der Waals surface area contributed by atoms with Crippen molar-refractivity contribution in [3.8, 4) is 0 Å². The van der Waals surface area contributed by atoms with Crippen molar-refractivity contribution in [2.24, 2.45) is 0 Å². The highest BCUT2D eigenvalue weighted by atomic mass is 35.5. The van der Waals surface area contributed by atoms with Gasteiger partial charge >= 0.3 is 0 Å². The van der Waals surface area contributed by atoms with Gasteiger partial charge in [0.25, 0.3) is 0 Å². The number of rotatable bonds is 6. The summed E-state index contributed by atoms with van der Waals surface area (Å²) >= 11 is 0. The summed E-state index contributed by atoms with van der Waals surface area (Å²) in [6.45, 7) is 3.37. The van der Waals surface area contributed by atoms with E-state index in [2.05, 4.69) is 29.6 Å². The summed E-state index contributed by atoms with van der Waals surface area (Å²) in [5.74, 6) is 0.278. The monoisotopic (exact) mass is 352 g/mol. The van der Waals surface area contributed by atoms with Crippen LogP contribution in [0.1, 0.15) is 37.7 Å². The van der Waals surface area contributed by atoms with E-state index >= 15 is 0 Å². The second-order valence-corrected chi connectivity index (χ2v) is 6.66. The third-order valence-corrected chi connectivity index (χ3v) is 4.87. The van der Waals surface area contributed by atoms with Crippen LogP contribution in [0, 0.1) is 0 Å². The summed E-state index contributed by atoms with van der Waals surface area (Å²) in [5, 5.41) is 3.35. The molecule has 2 unspecified atom stereocenters. The van der Waals surface area contributed by atoms with Gasteiger partial charge in [-0.3, -0.25) is 4.79 Å². The smallest absolute Gasteiger partial charge is 0.239 e. The number of nitrogens with zero attached hydrogens (tertiary/aromatic N) is 1. The molecule has 1 aromatic rings. The molecule has 1 aromatic carbocycles. The van der Waals surface area contributed by atoms with Crippen molar-refractivity contribution < 1.29 is 9.53 Å². The first-order valence-corrected chi connectivity index (χ1v) is 9.00. The number of likely N-dealkylation sites (tertiary alicyclic amines) is 1. The fourth-order valence-electron chi connectivity index (χ4n) is 3.52. The predicted molar refractivity (Wildman–Crippen MR) is 98.6 cm³/mol. The molecule has 0 aromatic heterocycles. The lowest BCUT2D eigenvalue weighted by Crippen LogP contribution is -2.48. The van der Waals surface area contributed by atoms with Gasteiger partial charge in [0.2, 0.25) is 5.91 Å². The Bertz CT molecular complexity index is 491. The normalized spacial score (nSPS) is 23.8. The van der Waals surface area contributed by atoms with Gasteiger partial charge in [-0.15, -0.1) is 12.4 Å². The number of aryl methyl sites for hydroxylation is 1. The molecular weight excluding hydrogens is 324 g/mol. The lowest BCUT2D eigenvalue weighted by atomic mass is 10.0. The molecule has 2 heterocycles. The third-order valence-electron chi connectivity index (χ3n) is 4.87. The minimum absolute atomic E-state index is 0. The van der Waals surface area contributed by atoms with Crippen molar-refractivity contribution in [2.45, 2.75) is 50.7 Å². The number of ether oxygens (including phenoxy) is 1. The number of carbonyl (C=O) groups excluding carboxylic acids is 1. The number of piperidine rings is 1. The van der Waals surface area contributed by atoms with Gasteiger partial charge in [-0.1, -0.05) is 36.8 Å². The van der Waals surface area contributed by atoms with Crippen molar-refractivity contribution in [1.29, 1.82) is 0 Å². The first-order valence-electron chi connectivity index (χ1n) is 9.00. The number of benzene rings is 1. The van der Waals surface area contributed by atoms with Gasteiger partial charge in [0.05, 0.1) is 12.1 Å². The molecule has 3 rings (SSSR count). The molecule has 0 aliphatic carbocycles. The molecule has 2 fully saturated rings. The maximum Gasteiger partial charge on any atom is 0.239 e. The first kappa shape index (κ1) is 19.2. The Morgan fingerprint density at radius 1 is 1.21 bits per heavy atom. The molecule has 0 bridgehead atoms. The van der Waals surface area contributed by atoms with E-state index in [-0.39, 0.29) is 30.5 Å². The zero-order valence-corrected chi connectivity index (χ0v) is 15.1. The van der Waals surface area contributed by atoms with E-state index in [9.17, 15) is 4.79 Å². The number of hydrogen-bond acceptors (Lipinski definition) is 3. The van der Waals surface area contributed by atoms with Crippen LogP contribution in [0.25, 0.3) is 0 Å². The van der Waals surface area contributed by atoms with E-state index < -0.39 is 0 Å². The summed E-state index contributed by atoms with van der Waals surface area (Å²) in [6, 6.07) is 10.6. The lowest BCUT2D eigenvalue weighted by molar-refractivity contribution is -0.133. The van der Waals surface area contributed by atoms with E-state index in [1.54, 1.807) is 0 Å². The zero-order valence-electron chi connectivity index (χ0n) is 14.3. The van der Waals surface area contributed by atoms with Gasteiger partial charge in [0.1, 0.15) is 0 Å². The van der Waals surface area contributed by atoms with E-state index in [0.717, 1.165) is 58.3 Å². The molecule has 0 radical (unpaired) electrons. The molecule has 0 saturated carbocycles. The van der Waals surface area contributed by atoms with Crippen LogP contribution in [0.4, 0.5) is 0 Å². The predicted octanol–water partition coefficient (Wildman–Crippen LogP) is 2.80. The molecule has 2 atom stereocenters. The van der Waals surface area contributed by atoms with Gasteiger partial charge in [0.15, 0.2) is 0 Å². The largest absolute Gasteiger partial charge is 0.376 e. The summed E-state index contributed by atoms with van der Waals surface area (Å²) < 4.78 is 5.98. The van der Waals surface area contributed by atoms with Gasteiger partial charge in [-0.25, -0.2) is 0 Å². The van der Waals surface area contributed by atoms with Crippen molar-refractivity contribution in [2.75, 3.05) is 26.2 Å². The van der Waals surface area contributed by atoms with Crippen LogP contribution in [0.5, 0.6) is 0 Å². The average Bonchev–Trinajstić information content (AvgIpc) is 3.09. The molecule has 2 aliphatic heterocycles. The molecule has 2 aliphatic rings. The molecule has 1 amide bonds. The van der Waals surface area contributed by atoms with E-state index in [0.29, 0.717) is 0 Å². The Hall–Kier alpha value is -1.10. The standard InChI is InChI=1S/C19H28N2O2.ClH/c22-19(18-10-4-5-12-20-18)21-13-11-17(15-21)23-14-6-9-16-7-2-1-3-8-16;/h1-3,7-8,17-18,20H,4-6,9-15H2;1H. The van der Waals surface area contributed by atoms with Crippen molar-refractivity contribution in [3.05, 3.63) is 35.9 Å². The third kappa shape index (κ3) is 5.47. The van der Waals surface area contributed by atoms with Crippen molar-refractivity contribution in [1.82, 2.24) is 10.2 Å². The number of nitrogens with one attached hydrogen (secondary N) is 1. The number of hydrogen-bond donors (Lipinski definition) is 1. The number of halogens is 1. The average molecular weight is 353 g/mol. The Kier molecular flexibility index (Phi) is 8.03. The summed E-state index contributed by atoms with van der Waals surface area (Å²) in [4.78, 5) is 14.5. The van der Waals surface area contributed by atoms with Crippen molar-refractivity contribution >= 4 is 18.3 Å². The fraction of sp³-hybridized carbons (Fsp3) is 0.632. The molecule has 4 nitrogen and oxygen atoms in total. The maximum atomic E-state index is 12.5. The summed E-state index contributed by atoms with van der Waals surface area (Å²) in [6.07, 6.45) is 6.63. The van der Waals surface area contributed by atoms with E-state index in [1.807, 2.05) is 11.0 Å². The quantitative estimate of drug-likeness (QED) is 0.800. The lowest BCUT2D eigenvalue weighted by Gasteiger charge is -2.27. The minimum atomic E-state index is 0. The SMILES string of the molecule is Cl.O=C(C1CCCCN1)N1CCC(OCCCc2ccccc2)C1. The second kappa shape index (κ2) is 10.0. The molecule has 134 valence electrons. The Morgan fingerprint density at radius 2 is 2.04 bits per heavy atom. The van der Waals surface area contributed by atoms with Crippen LogP contribution in [0.15, 0.2) is 30.3 Å². The van der Waals surface area contributed by atoms with Crippen molar-refractivity contribution in [3.63, 3.8) is 0 Å². The fourth-order valence-corrected chi connectivity index (χ4v) is 3.52. The van der Waals surface area contributed by atoms with Crippen LogP contribution in [0.3, 0.4) is 0 Å². The zero-order chi connectivity index (χ0) is 15.9. The van der Waals surface area contributed by atoms with E-state index in [1.165, 1.54) is 12.0 Å².